The molecule has 0 bridgehead atoms. The van der Waals surface area contributed by atoms with Gasteiger partial charge in [-0.25, -0.2) is 0 Å². The van der Waals surface area contributed by atoms with Gasteiger partial charge in [-0.15, -0.1) is 11.3 Å². The third-order valence-electron chi connectivity index (χ3n) is 3.21. The van der Waals surface area contributed by atoms with Crippen molar-refractivity contribution in [1.29, 1.82) is 0 Å². The van der Waals surface area contributed by atoms with Crippen LogP contribution in [0.5, 0.6) is 5.75 Å². The minimum absolute atomic E-state index is 0.663. The fourth-order valence-corrected chi connectivity index (χ4v) is 4.56. The molecule has 114 valence electrons. The molecule has 0 amide bonds. The van der Waals surface area contributed by atoms with Crippen molar-refractivity contribution in [2.45, 2.75) is 33.9 Å². The molecule has 1 N–H and O–H groups in total. The lowest BCUT2D eigenvalue weighted by atomic mass is 10.2. The largest absolute Gasteiger partial charge is 0.492 e. The summed E-state index contributed by atoms with van der Waals surface area (Å²) in [6.45, 7) is 8.66. The van der Waals surface area contributed by atoms with Crippen molar-refractivity contribution < 1.29 is 4.74 Å². The molecule has 0 radical (unpaired) electrons. The van der Waals surface area contributed by atoms with E-state index in [1.54, 1.807) is 0 Å². The Morgan fingerprint density at radius 1 is 1.14 bits per heavy atom. The number of halogens is 2. The van der Waals surface area contributed by atoms with Gasteiger partial charge in [0.2, 0.25) is 0 Å². The maximum atomic E-state index is 5.74. The van der Waals surface area contributed by atoms with E-state index in [-0.39, 0.29) is 0 Å². The van der Waals surface area contributed by atoms with Gasteiger partial charge >= 0.3 is 0 Å². The maximum absolute atomic E-state index is 5.74. The third-order valence-corrected chi connectivity index (χ3v) is 5.41. The number of rotatable bonds is 6. The first-order valence-corrected chi connectivity index (χ1v) is 9.28. The highest BCUT2D eigenvalue weighted by Gasteiger charge is 2.10. The predicted octanol–water partition coefficient (Wildman–Crippen LogP) is 5.58. The molecule has 0 aliphatic heterocycles. The molecule has 1 aromatic carbocycles. The molecule has 21 heavy (non-hydrogen) atoms. The van der Waals surface area contributed by atoms with Crippen molar-refractivity contribution in [3.05, 3.63) is 48.0 Å². The van der Waals surface area contributed by atoms with Crippen molar-refractivity contribution in [1.82, 2.24) is 5.32 Å². The standard InChI is InChI=1S/C16H19Br2NOS/c1-4-20-16-12(6-13(17)7-15(16)18)8-19-9-14-5-10(2)11(3)21-14/h5-7,19H,4,8-9H2,1-3H3. The van der Waals surface area contributed by atoms with Gasteiger partial charge in [-0.2, -0.15) is 0 Å². The van der Waals surface area contributed by atoms with Gasteiger partial charge in [0.1, 0.15) is 5.75 Å². The van der Waals surface area contributed by atoms with Gasteiger partial charge in [0.15, 0.2) is 0 Å². The highest BCUT2D eigenvalue weighted by molar-refractivity contribution is 9.11. The van der Waals surface area contributed by atoms with E-state index >= 15 is 0 Å². The average Bonchev–Trinajstić information content (AvgIpc) is 2.72. The summed E-state index contributed by atoms with van der Waals surface area (Å²) in [5.41, 5.74) is 2.53. The van der Waals surface area contributed by atoms with Crippen molar-refractivity contribution in [3.63, 3.8) is 0 Å². The molecule has 1 aromatic heterocycles. The average molecular weight is 433 g/mol. The van der Waals surface area contributed by atoms with Crippen molar-refractivity contribution in [3.8, 4) is 5.75 Å². The zero-order chi connectivity index (χ0) is 15.4. The van der Waals surface area contributed by atoms with Crippen LogP contribution in [-0.4, -0.2) is 6.61 Å². The summed E-state index contributed by atoms with van der Waals surface area (Å²) in [4.78, 5) is 2.77. The summed E-state index contributed by atoms with van der Waals surface area (Å²) < 4.78 is 7.78. The third kappa shape index (κ3) is 4.55. The lowest BCUT2D eigenvalue weighted by Gasteiger charge is -2.13. The smallest absolute Gasteiger partial charge is 0.138 e. The Morgan fingerprint density at radius 2 is 1.90 bits per heavy atom. The van der Waals surface area contributed by atoms with Gasteiger partial charge in [0, 0.05) is 32.9 Å². The van der Waals surface area contributed by atoms with Gasteiger partial charge < -0.3 is 10.1 Å². The molecular formula is C16H19Br2NOS. The van der Waals surface area contributed by atoms with Crippen molar-refractivity contribution >= 4 is 43.2 Å². The van der Waals surface area contributed by atoms with Crippen LogP contribution < -0.4 is 10.1 Å². The first-order chi connectivity index (χ1) is 10.0. The van der Waals surface area contributed by atoms with Crippen LogP contribution in [0.2, 0.25) is 0 Å². The Kier molecular flexibility index (Phi) is 6.29. The summed E-state index contributed by atoms with van der Waals surface area (Å²) in [7, 11) is 0. The molecule has 0 saturated heterocycles. The van der Waals surface area contributed by atoms with Crippen LogP contribution in [-0.2, 0) is 13.1 Å². The lowest BCUT2D eigenvalue weighted by molar-refractivity contribution is 0.333. The summed E-state index contributed by atoms with van der Waals surface area (Å²) in [5.74, 6) is 0.923. The number of ether oxygens (including phenoxy) is 1. The highest BCUT2D eigenvalue weighted by Crippen LogP contribution is 2.33. The molecule has 0 atom stereocenters. The molecular weight excluding hydrogens is 414 g/mol. The molecule has 5 heteroatoms. The molecule has 0 unspecified atom stereocenters. The van der Waals surface area contributed by atoms with Crippen LogP contribution in [0.4, 0.5) is 0 Å². The predicted molar refractivity (Wildman–Crippen MR) is 97.3 cm³/mol. The molecule has 2 aromatic rings. The van der Waals surface area contributed by atoms with E-state index in [0.29, 0.717) is 6.61 Å². The zero-order valence-electron chi connectivity index (χ0n) is 12.4. The van der Waals surface area contributed by atoms with Crippen molar-refractivity contribution in [2.24, 2.45) is 0 Å². The minimum Gasteiger partial charge on any atom is -0.492 e. The van der Waals surface area contributed by atoms with Crippen LogP contribution in [0.3, 0.4) is 0 Å². The molecule has 0 aliphatic rings. The van der Waals surface area contributed by atoms with Gasteiger partial charge in [-0.05, 0) is 60.5 Å². The molecule has 1 heterocycles. The Hall–Kier alpha value is -0.360. The molecule has 2 rings (SSSR count). The highest BCUT2D eigenvalue weighted by atomic mass is 79.9. The van der Waals surface area contributed by atoms with E-state index < -0.39 is 0 Å². The van der Waals surface area contributed by atoms with Crippen LogP contribution in [0.15, 0.2) is 27.1 Å². The summed E-state index contributed by atoms with van der Waals surface area (Å²) in [6.07, 6.45) is 0. The topological polar surface area (TPSA) is 21.3 Å². The summed E-state index contributed by atoms with van der Waals surface area (Å²) >= 11 is 8.96. The Morgan fingerprint density at radius 3 is 2.52 bits per heavy atom. The Balaban J connectivity index is 2.05. The first kappa shape index (κ1) is 17.0. The van der Waals surface area contributed by atoms with Crippen LogP contribution in [0, 0.1) is 13.8 Å². The van der Waals surface area contributed by atoms with Crippen LogP contribution >= 0.6 is 43.2 Å². The van der Waals surface area contributed by atoms with Gasteiger partial charge in [-0.1, -0.05) is 15.9 Å². The molecule has 0 aliphatic carbocycles. The number of nitrogens with one attached hydrogen (secondary N) is 1. The molecule has 0 fully saturated rings. The van der Waals surface area contributed by atoms with E-state index in [1.807, 2.05) is 24.3 Å². The Bertz CT molecular complexity index is 605. The SMILES string of the molecule is CCOc1c(Br)cc(Br)cc1CNCc1cc(C)c(C)s1. The monoisotopic (exact) mass is 431 g/mol. The minimum atomic E-state index is 0.663. The number of benzene rings is 1. The van der Waals surface area contributed by atoms with Gasteiger partial charge in [-0.3, -0.25) is 0 Å². The first-order valence-electron chi connectivity index (χ1n) is 6.88. The molecule has 0 spiro atoms. The number of aryl methyl sites for hydroxylation is 2. The summed E-state index contributed by atoms with van der Waals surface area (Å²) in [6, 6.07) is 6.38. The molecule has 2 nitrogen and oxygen atoms in total. The quantitative estimate of drug-likeness (QED) is 0.643. The number of hydrogen-bond acceptors (Lipinski definition) is 3. The fraction of sp³-hybridized carbons (Fsp3) is 0.375. The van der Waals surface area contributed by atoms with E-state index in [9.17, 15) is 0 Å². The second-order valence-electron chi connectivity index (χ2n) is 4.86. The van der Waals surface area contributed by atoms with E-state index in [1.165, 1.54) is 15.3 Å². The van der Waals surface area contributed by atoms with Gasteiger partial charge in [0.05, 0.1) is 11.1 Å². The summed E-state index contributed by atoms with van der Waals surface area (Å²) in [5, 5.41) is 3.50. The molecule has 0 saturated carbocycles. The van der Waals surface area contributed by atoms with E-state index in [0.717, 1.165) is 33.3 Å². The lowest BCUT2D eigenvalue weighted by Crippen LogP contribution is -2.13. The van der Waals surface area contributed by atoms with E-state index in [4.69, 9.17) is 4.74 Å². The normalized spacial score (nSPS) is 10.9. The zero-order valence-corrected chi connectivity index (χ0v) is 16.4. The van der Waals surface area contributed by atoms with Gasteiger partial charge in [0.25, 0.3) is 0 Å². The van der Waals surface area contributed by atoms with Crippen molar-refractivity contribution in [2.75, 3.05) is 6.61 Å². The number of thiophene rings is 1. The van der Waals surface area contributed by atoms with Crippen LogP contribution in [0.1, 0.15) is 27.8 Å². The van der Waals surface area contributed by atoms with Crippen LogP contribution in [0.25, 0.3) is 0 Å². The second kappa shape index (κ2) is 7.77. The maximum Gasteiger partial charge on any atom is 0.138 e. The second-order valence-corrected chi connectivity index (χ2v) is 7.98. The number of hydrogen-bond donors (Lipinski definition) is 1. The fourth-order valence-electron chi connectivity index (χ4n) is 2.11. The van der Waals surface area contributed by atoms with E-state index in [2.05, 4.69) is 63.2 Å². The Labute approximate surface area is 147 Å².